The average Bonchev–Trinajstić information content (AvgIpc) is 2.10. The largest absolute Gasteiger partial charge is 0.504 e. The van der Waals surface area contributed by atoms with Crippen LogP contribution >= 0.6 is 0 Å². The quantitative estimate of drug-likeness (QED) is 0.582. The number of phenols is 2. The first-order valence-electron chi connectivity index (χ1n) is 3.99. The molecule has 78 valence electrons. The Labute approximate surface area is 96.8 Å². The molecule has 1 rings (SSSR count). The average molecular weight is 367 g/mol. The molecule has 0 saturated heterocycles. The Morgan fingerprint density at radius 2 is 1.93 bits per heavy atom. The summed E-state index contributed by atoms with van der Waals surface area (Å²) in [5.74, 6) is -0.395. The Balaban J connectivity index is 0.00000169. The van der Waals surface area contributed by atoms with Crippen LogP contribution < -0.4 is 5.32 Å². The molecule has 1 atom stereocenters. The van der Waals surface area contributed by atoms with Gasteiger partial charge in [0.1, 0.15) is 0 Å². The third-order valence-electron chi connectivity index (χ3n) is 1.78. The van der Waals surface area contributed by atoms with Crippen LogP contribution in [0.1, 0.15) is 11.7 Å². The monoisotopic (exact) mass is 367 g/mol. The van der Waals surface area contributed by atoms with Crippen molar-refractivity contribution in [3.05, 3.63) is 23.8 Å². The molecule has 0 aliphatic heterocycles. The van der Waals surface area contributed by atoms with Crippen LogP contribution in [0.5, 0.6) is 11.5 Å². The maximum absolute atomic E-state index is 9.48. The Morgan fingerprint density at radius 3 is 2.43 bits per heavy atom. The molecule has 0 aromatic heterocycles. The maximum Gasteiger partial charge on any atom is 0.157 e. The van der Waals surface area contributed by atoms with E-state index in [2.05, 4.69) is 5.32 Å². The summed E-state index contributed by atoms with van der Waals surface area (Å²) in [4.78, 5) is 0. The molecule has 5 heteroatoms. The minimum atomic E-state index is -0.670. The van der Waals surface area contributed by atoms with E-state index in [1.54, 1.807) is 13.1 Å². The topological polar surface area (TPSA) is 72.7 Å². The minimum Gasteiger partial charge on any atom is -0.504 e. The van der Waals surface area contributed by atoms with E-state index in [9.17, 15) is 5.11 Å². The molecule has 0 aliphatic carbocycles. The van der Waals surface area contributed by atoms with Crippen LogP contribution in [0, 0.1) is 0 Å². The van der Waals surface area contributed by atoms with Crippen molar-refractivity contribution in [1.29, 1.82) is 0 Å². The molecule has 14 heavy (non-hydrogen) atoms. The predicted octanol–water partition coefficient (Wildman–Crippen LogP) is 0.348. The molecule has 4 nitrogen and oxygen atoms in total. The Hall–Kier alpha value is -0.572. The molecule has 0 fully saturated rings. The number of aliphatic hydroxyl groups is 1. The van der Waals surface area contributed by atoms with E-state index in [1.165, 1.54) is 12.1 Å². The predicted molar refractivity (Wildman–Crippen MR) is 48.7 cm³/mol. The molecule has 1 aromatic rings. The van der Waals surface area contributed by atoms with Crippen LogP contribution in [0.4, 0.5) is 0 Å². The number of hydrogen-bond acceptors (Lipinski definition) is 4. The van der Waals surface area contributed by atoms with Gasteiger partial charge in [-0.2, -0.15) is 0 Å². The van der Waals surface area contributed by atoms with Crippen LogP contribution in [-0.2, 0) is 21.1 Å². The van der Waals surface area contributed by atoms with Gasteiger partial charge in [0.05, 0.1) is 6.10 Å². The molecule has 0 saturated carbocycles. The van der Waals surface area contributed by atoms with Crippen LogP contribution in [-0.4, -0.2) is 28.9 Å². The summed E-state index contributed by atoms with van der Waals surface area (Å²) < 4.78 is 0. The van der Waals surface area contributed by atoms with Crippen molar-refractivity contribution in [2.75, 3.05) is 13.6 Å². The van der Waals surface area contributed by atoms with Gasteiger partial charge in [-0.05, 0) is 24.7 Å². The molecule has 0 radical (unpaired) electrons. The fourth-order valence-corrected chi connectivity index (χ4v) is 1.06. The fraction of sp³-hybridized carbons (Fsp3) is 0.333. The third-order valence-corrected chi connectivity index (χ3v) is 1.78. The SMILES string of the molecule is CNCC(O)c1ccc(O)c(O)c1.[W]. The molecule has 0 heterocycles. The molecule has 0 amide bonds. The number of hydrogen-bond donors (Lipinski definition) is 4. The first-order valence-corrected chi connectivity index (χ1v) is 3.99. The summed E-state index contributed by atoms with van der Waals surface area (Å²) in [7, 11) is 1.73. The van der Waals surface area contributed by atoms with E-state index in [1.807, 2.05) is 0 Å². The zero-order valence-electron chi connectivity index (χ0n) is 7.77. The summed E-state index contributed by atoms with van der Waals surface area (Å²) in [5, 5.41) is 30.4. The fourth-order valence-electron chi connectivity index (χ4n) is 1.06. The van der Waals surface area contributed by atoms with Gasteiger partial charge in [-0.25, -0.2) is 0 Å². The summed E-state index contributed by atoms with van der Waals surface area (Å²) in [6.45, 7) is 0.407. The van der Waals surface area contributed by atoms with E-state index >= 15 is 0 Å². The van der Waals surface area contributed by atoms with Crippen LogP contribution in [0.3, 0.4) is 0 Å². The van der Waals surface area contributed by atoms with Gasteiger partial charge in [-0.1, -0.05) is 6.07 Å². The summed E-state index contributed by atoms with van der Waals surface area (Å²) in [6, 6.07) is 4.26. The smallest absolute Gasteiger partial charge is 0.157 e. The van der Waals surface area contributed by atoms with Gasteiger partial charge < -0.3 is 20.6 Å². The maximum atomic E-state index is 9.48. The van der Waals surface area contributed by atoms with Gasteiger partial charge >= 0.3 is 0 Å². The number of phenolic OH excluding ortho intramolecular Hbond substituents is 2. The Bertz CT molecular complexity index is 293. The van der Waals surface area contributed by atoms with E-state index in [0.717, 1.165) is 0 Å². The zero-order chi connectivity index (χ0) is 9.84. The summed E-state index contributed by atoms with van der Waals surface area (Å²) in [5.41, 5.74) is 0.574. The Kier molecular flexibility index (Phi) is 5.77. The first-order chi connectivity index (χ1) is 6.15. The normalized spacial score (nSPS) is 11.9. The molecule has 1 aromatic carbocycles. The molecule has 0 spiro atoms. The second kappa shape index (κ2) is 6.01. The second-order valence-corrected chi connectivity index (χ2v) is 2.82. The number of likely N-dealkylation sites (N-methyl/N-ethyl adjacent to an activating group) is 1. The van der Waals surface area contributed by atoms with Crippen molar-refractivity contribution in [2.45, 2.75) is 6.10 Å². The van der Waals surface area contributed by atoms with Crippen molar-refractivity contribution in [2.24, 2.45) is 0 Å². The molecular weight excluding hydrogens is 354 g/mol. The first kappa shape index (κ1) is 13.4. The van der Waals surface area contributed by atoms with Crippen molar-refractivity contribution in [3.63, 3.8) is 0 Å². The van der Waals surface area contributed by atoms with Gasteiger partial charge in [0.2, 0.25) is 0 Å². The minimum absolute atomic E-state index is 0. The van der Waals surface area contributed by atoms with E-state index in [0.29, 0.717) is 12.1 Å². The van der Waals surface area contributed by atoms with Crippen LogP contribution in [0.15, 0.2) is 18.2 Å². The van der Waals surface area contributed by atoms with Crippen LogP contribution in [0.2, 0.25) is 0 Å². The van der Waals surface area contributed by atoms with Crippen LogP contribution in [0.25, 0.3) is 0 Å². The molecular formula is C9H13NO3W. The van der Waals surface area contributed by atoms with Crippen molar-refractivity contribution in [3.8, 4) is 11.5 Å². The van der Waals surface area contributed by atoms with Gasteiger partial charge in [0.25, 0.3) is 0 Å². The van der Waals surface area contributed by atoms with Gasteiger partial charge in [0, 0.05) is 27.6 Å². The van der Waals surface area contributed by atoms with E-state index < -0.39 is 6.10 Å². The third kappa shape index (κ3) is 3.29. The standard InChI is InChI=1S/C9H13NO3.W/c1-10-5-9(13)6-2-3-7(11)8(12)4-6;/h2-4,9-13H,5H2,1H3;. The molecule has 0 aliphatic rings. The second-order valence-electron chi connectivity index (χ2n) is 2.82. The molecule has 0 bridgehead atoms. The number of nitrogens with one attached hydrogen (secondary N) is 1. The summed E-state index contributed by atoms with van der Waals surface area (Å²) in [6.07, 6.45) is -0.670. The van der Waals surface area contributed by atoms with Crippen molar-refractivity contribution in [1.82, 2.24) is 5.32 Å². The zero-order valence-corrected chi connectivity index (χ0v) is 10.7. The van der Waals surface area contributed by atoms with Crippen molar-refractivity contribution >= 4 is 0 Å². The van der Waals surface area contributed by atoms with E-state index in [4.69, 9.17) is 10.2 Å². The van der Waals surface area contributed by atoms with Crippen molar-refractivity contribution < 1.29 is 36.4 Å². The molecule has 4 N–H and O–H groups in total. The number of benzene rings is 1. The summed E-state index contributed by atoms with van der Waals surface area (Å²) >= 11 is 0. The number of aromatic hydroxyl groups is 2. The Morgan fingerprint density at radius 1 is 1.29 bits per heavy atom. The van der Waals surface area contributed by atoms with Gasteiger partial charge in [-0.15, -0.1) is 0 Å². The molecule has 1 unspecified atom stereocenters. The van der Waals surface area contributed by atoms with Gasteiger partial charge in [-0.3, -0.25) is 0 Å². The van der Waals surface area contributed by atoms with Gasteiger partial charge in [0.15, 0.2) is 11.5 Å². The van der Waals surface area contributed by atoms with E-state index in [-0.39, 0.29) is 32.6 Å². The number of rotatable bonds is 3. The number of aliphatic hydroxyl groups excluding tert-OH is 1.